The van der Waals surface area contributed by atoms with Crippen LogP contribution in [-0.4, -0.2) is 0 Å². The minimum absolute atomic E-state index is 0. The summed E-state index contributed by atoms with van der Waals surface area (Å²) in [6.45, 7) is 10.2. The Morgan fingerprint density at radius 2 is 1.91 bits per heavy atom. The summed E-state index contributed by atoms with van der Waals surface area (Å²) in [7, 11) is 0. The minimum Gasteiger partial charge on any atom is -0.360 e. The molecule has 2 heteroatoms. The zero-order valence-electron chi connectivity index (χ0n) is 7.85. The first-order valence-corrected chi connectivity index (χ1v) is 3.40. The molecule has 0 aromatic heterocycles. The Morgan fingerprint density at radius 1 is 1.45 bits per heavy atom. The molecule has 0 aliphatic carbocycles. The topological polar surface area (TPSA) is 0 Å². The van der Waals surface area contributed by atoms with Gasteiger partial charge in [0.25, 0.3) is 0 Å². The standard InChI is InChI=1S/C9H16.2Y/c1-5-6-9(4)7-8(2)3;;/h5H,2,6-7H2,1,3-4H3;;/q-2;;. The zero-order valence-corrected chi connectivity index (χ0v) is 13.5. The second-order valence-electron chi connectivity index (χ2n) is 2.70. The molecule has 0 unspecified atom stereocenters. The van der Waals surface area contributed by atoms with Crippen molar-refractivity contribution in [2.24, 2.45) is 0 Å². The van der Waals surface area contributed by atoms with E-state index in [0.717, 1.165) is 12.8 Å². The van der Waals surface area contributed by atoms with Crippen molar-refractivity contribution in [3.05, 3.63) is 24.5 Å². The largest absolute Gasteiger partial charge is 0.360 e. The predicted octanol–water partition coefficient (Wildman–Crippen LogP) is 3.16. The van der Waals surface area contributed by atoms with Crippen molar-refractivity contribution in [2.75, 3.05) is 0 Å². The van der Waals surface area contributed by atoms with E-state index < -0.39 is 0 Å². The molecule has 0 bridgehead atoms. The summed E-state index contributed by atoms with van der Waals surface area (Å²) in [5, 5.41) is 0. The average Bonchev–Trinajstić information content (AvgIpc) is 1.63. The van der Waals surface area contributed by atoms with Crippen molar-refractivity contribution in [2.45, 2.75) is 33.6 Å². The third-order valence-corrected chi connectivity index (χ3v) is 1.16. The molecule has 2 radical (unpaired) electrons. The molecule has 0 fully saturated rings. The molecule has 60 valence electrons. The van der Waals surface area contributed by atoms with Gasteiger partial charge in [-0.15, -0.1) is 12.2 Å². The molecule has 0 nitrogen and oxygen atoms in total. The maximum Gasteiger partial charge on any atom is 0 e. The van der Waals surface area contributed by atoms with Gasteiger partial charge >= 0.3 is 0 Å². The maximum atomic E-state index is 3.84. The summed E-state index contributed by atoms with van der Waals surface area (Å²) < 4.78 is 0. The smallest absolute Gasteiger partial charge is 0 e. The van der Waals surface area contributed by atoms with Gasteiger partial charge in [-0.25, -0.2) is 0 Å². The van der Waals surface area contributed by atoms with Gasteiger partial charge in [-0.05, 0) is 6.92 Å². The number of hydrogen-bond donors (Lipinski definition) is 0. The molecule has 0 amide bonds. The first-order chi connectivity index (χ1) is 4.16. The van der Waals surface area contributed by atoms with Gasteiger partial charge in [0.15, 0.2) is 0 Å². The third-order valence-electron chi connectivity index (χ3n) is 1.16. The number of hydrogen-bond acceptors (Lipinski definition) is 0. The van der Waals surface area contributed by atoms with Gasteiger partial charge in [0.1, 0.15) is 0 Å². The first kappa shape index (κ1) is 18.7. The summed E-state index contributed by atoms with van der Waals surface area (Å²) in [4.78, 5) is 0. The van der Waals surface area contributed by atoms with Crippen molar-refractivity contribution in [1.82, 2.24) is 0 Å². The van der Waals surface area contributed by atoms with Crippen LogP contribution < -0.4 is 0 Å². The van der Waals surface area contributed by atoms with Crippen LogP contribution in [-0.2, 0) is 65.4 Å². The SMILES string of the molecule is C=C(C)C[C-](C)C[CH-]C.[Y].[Y]. The maximum absolute atomic E-state index is 3.84. The monoisotopic (exact) mass is 302 g/mol. The Morgan fingerprint density at radius 3 is 2.18 bits per heavy atom. The Balaban J connectivity index is -0.000000320. The summed E-state index contributed by atoms with van der Waals surface area (Å²) >= 11 is 0. The van der Waals surface area contributed by atoms with Gasteiger partial charge in [0, 0.05) is 65.4 Å². The van der Waals surface area contributed by atoms with Crippen LogP contribution >= 0.6 is 0 Å². The van der Waals surface area contributed by atoms with Gasteiger partial charge in [-0.1, -0.05) is 0 Å². The quantitative estimate of drug-likeness (QED) is 0.553. The molecule has 0 atom stereocenters. The fourth-order valence-corrected chi connectivity index (χ4v) is 0.936. The molecule has 11 heavy (non-hydrogen) atoms. The van der Waals surface area contributed by atoms with E-state index in [0.29, 0.717) is 0 Å². The molecule has 0 rings (SSSR count). The first-order valence-electron chi connectivity index (χ1n) is 3.40. The van der Waals surface area contributed by atoms with Crippen molar-refractivity contribution in [3.8, 4) is 0 Å². The summed E-state index contributed by atoms with van der Waals surface area (Å²) in [6, 6.07) is 0. The molecule has 0 heterocycles. The Bertz CT molecular complexity index is 89.6. The van der Waals surface area contributed by atoms with E-state index in [-0.39, 0.29) is 65.4 Å². The minimum atomic E-state index is 0. The van der Waals surface area contributed by atoms with Crippen molar-refractivity contribution >= 4 is 0 Å². The van der Waals surface area contributed by atoms with E-state index in [1.807, 2.05) is 0 Å². The van der Waals surface area contributed by atoms with Crippen LogP contribution in [0.25, 0.3) is 0 Å². The summed E-state index contributed by atoms with van der Waals surface area (Å²) in [5.41, 5.74) is 1.26. The van der Waals surface area contributed by atoms with Crippen LogP contribution in [0.15, 0.2) is 12.2 Å². The Hall–Kier alpha value is 1.95. The number of allylic oxidation sites excluding steroid dienone is 1. The average molecular weight is 302 g/mol. The van der Waals surface area contributed by atoms with E-state index >= 15 is 0 Å². The molecule has 0 spiro atoms. The molecular formula is C9H16Y2-2. The van der Waals surface area contributed by atoms with Gasteiger partial charge < -0.3 is 18.8 Å². The second-order valence-corrected chi connectivity index (χ2v) is 2.70. The molecule has 0 aromatic rings. The summed E-state index contributed by atoms with van der Waals surface area (Å²) in [5.74, 6) is 1.50. The van der Waals surface area contributed by atoms with Crippen molar-refractivity contribution < 1.29 is 65.4 Å². The molecule has 0 aliphatic heterocycles. The fraction of sp³-hybridized carbons (Fsp3) is 0.556. The zero-order chi connectivity index (χ0) is 7.28. The Kier molecular flexibility index (Phi) is 20.3. The molecule has 0 aliphatic rings. The van der Waals surface area contributed by atoms with Crippen LogP contribution in [0.1, 0.15) is 33.6 Å². The van der Waals surface area contributed by atoms with Crippen LogP contribution in [0.4, 0.5) is 0 Å². The number of rotatable bonds is 4. The van der Waals surface area contributed by atoms with Crippen LogP contribution in [0.2, 0.25) is 0 Å². The van der Waals surface area contributed by atoms with E-state index in [2.05, 4.69) is 33.8 Å². The van der Waals surface area contributed by atoms with E-state index in [9.17, 15) is 0 Å². The second kappa shape index (κ2) is 11.9. The van der Waals surface area contributed by atoms with Crippen molar-refractivity contribution in [1.29, 1.82) is 0 Å². The van der Waals surface area contributed by atoms with Crippen molar-refractivity contribution in [3.63, 3.8) is 0 Å². The van der Waals surface area contributed by atoms with Crippen LogP contribution in [0.5, 0.6) is 0 Å². The Labute approximate surface area is 122 Å². The molecule has 0 aromatic carbocycles. The van der Waals surface area contributed by atoms with E-state index in [1.165, 1.54) is 11.5 Å². The summed E-state index contributed by atoms with van der Waals surface area (Å²) in [6.07, 6.45) is 4.40. The predicted molar refractivity (Wildman–Crippen MR) is 42.9 cm³/mol. The van der Waals surface area contributed by atoms with Crippen LogP contribution in [0, 0.1) is 12.3 Å². The molecule has 0 saturated carbocycles. The van der Waals surface area contributed by atoms with E-state index in [1.54, 1.807) is 0 Å². The molecule has 0 saturated heterocycles. The third kappa shape index (κ3) is 14.8. The van der Waals surface area contributed by atoms with Gasteiger partial charge in [-0.2, -0.15) is 20.3 Å². The van der Waals surface area contributed by atoms with E-state index in [4.69, 9.17) is 0 Å². The molecule has 0 N–H and O–H groups in total. The van der Waals surface area contributed by atoms with Gasteiger partial charge in [-0.3, -0.25) is 0 Å². The van der Waals surface area contributed by atoms with Crippen LogP contribution in [0.3, 0.4) is 0 Å². The fourth-order valence-electron chi connectivity index (χ4n) is 0.936. The molecular weight excluding hydrogens is 286 g/mol. The van der Waals surface area contributed by atoms with Gasteiger partial charge in [0.2, 0.25) is 0 Å². The van der Waals surface area contributed by atoms with Gasteiger partial charge in [0.05, 0.1) is 0 Å². The normalized spacial score (nSPS) is 8.36.